The van der Waals surface area contributed by atoms with Gasteiger partial charge < -0.3 is 20.2 Å². The number of H-pyrrole nitrogens is 1. The maximum Gasteiger partial charge on any atom is 0.253 e. The monoisotopic (exact) mass is 569 g/mol. The number of aromatic nitrogens is 2. The molecule has 2 aromatic rings. The lowest BCUT2D eigenvalue weighted by Crippen LogP contribution is -2.48. The third-order valence-electron chi connectivity index (χ3n) is 7.59. The molecule has 0 saturated carbocycles. The van der Waals surface area contributed by atoms with Crippen molar-refractivity contribution >= 4 is 27.9 Å². The highest BCUT2D eigenvalue weighted by atomic mass is 79.9. The van der Waals surface area contributed by atoms with Crippen LogP contribution in [0.1, 0.15) is 68.5 Å². The first-order valence-electron chi connectivity index (χ1n) is 13.5. The van der Waals surface area contributed by atoms with Crippen LogP contribution in [0.25, 0.3) is 6.08 Å². The average molecular weight is 571 g/mol. The number of halogens is 1. The van der Waals surface area contributed by atoms with Crippen molar-refractivity contribution in [3.8, 4) is 0 Å². The van der Waals surface area contributed by atoms with Gasteiger partial charge in [0, 0.05) is 53.2 Å². The number of carbonyl (C=O) groups excluding carboxylic acids is 1. The predicted molar refractivity (Wildman–Crippen MR) is 154 cm³/mol. The summed E-state index contributed by atoms with van der Waals surface area (Å²) in [6.07, 6.45) is 11.9. The molecule has 0 radical (unpaired) electrons. The fourth-order valence-electron chi connectivity index (χ4n) is 5.62. The van der Waals surface area contributed by atoms with Gasteiger partial charge in [0.1, 0.15) is 0 Å². The summed E-state index contributed by atoms with van der Waals surface area (Å²) in [6, 6.07) is 4.67. The lowest BCUT2D eigenvalue weighted by molar-refractivity contribution is -0.117. The average Bonchev–Trinajstić information content (AvgIpc) is 3.52. The minimum absolute atomic E-state index is 0.153. The number of amides is 1. The Morgan fingerprint density at radius 1 is 1.16 bits per heavy atom. The highest BCUT2D eigenvalue weighted by Gasteiger charge is 2.27. The number of aryl methyl sites for hydroxylation is 2. The Labute approximate surface area is 228 Å². The van der Waals surface area contributed by atoms with E-state index >= 15 is 0 Å². The Morgan fingerprint density at radius 3 is 2.51 bits per heavy atom. The fourth-order valence-corrected chi connectivity index (χ4v) is 6.04. The Balaban J connectivity index is 1.55. The highest BCUT2D eigenvalue weighted by Crippen LogP contribution is 2.25. The van der Waals surface area contributed by atoms with E-state index in [-0.39, 0.29) is 18.0 Å². The maximum atomic E-state index is 13.4. The largest absolute Gasteiger partial charge is 0.348 e. The van der Waals surface area contributed by atoms with E-state index in [1.54, 1.807) is 0 Å². The molecule has 2 aliphatic heterocycles. The van der Waals surface area contributed by atoms with Crippen LogP contribution in [0.4, 0.5) is 0 Å². The van der Waals surface area contributed by atoms with Gasteiger partial charge in [0.2, 0.25) is 0 Å². The lowest BCUT2D eigenvalue weighted by atomic mass is 10.0. The van der Waals surface area contributed by atoms with Gasteiger partial charge in [0.05, 0.1) is 5.69 Å². The van der Waals surface area contributed by atoms with Gasteiger partial charge >= 0.3 is 0 Å². The standard InChI is InChI=1S/C29H40BrN5O2/c1-5-8-20(2)26(28(36)31-18-27-21(3)15-22(4)32-29(27)37)17-25-16-23(30)19-35(25)34-13-9-24(10-14-34)33-11-6-7-12-33/h8,15-17,19,24H,5-7,9-14,18H2,1-4H3,(H,31,36)(H,32,37)/b20-8+,26-17+. The molecule has 2 fully saturated rings. The molecule has 4 rings (SSSR count). The Hall–Kier alpha value is -2.58. The number of allylic oxidation sites excluding steroid dienone is 1. The van der Waals surface area contributed by atoms with E-state index in [0.717, 1.165) is 59.3 Å². The number of carbonyl (C=O) groups is 1. The second-order valence-corrected chi connectivity index (χ2v) is 11.3. The molecule has 4 heterocycles. The van der Waals surface area contributed by atoms with Gasteiger partial charge in [-0.2, -0.15) is 0 Å². The van der Waals surface area contributed by atoms with Crippen LogP contribution >= 0.6 is 15.9 Å². The molecule has 0 bridgehead atoms. The third-order valence-corrected chi connectivity index (χ3v) is 8.02. The fraction of sp³-hybridized carbons (Fsp3) is 0.517. The van der Waals surface area contributed by atoms with Crippen LogP contribution < -0.4 is 15.9 Å². The number of piperidine rings is 1. The normalized spacial score (nSPS) is 18.0. The molecule has 2 saturated heterocycles. The Morgan fingerprint density at radius 2 is 1.86 bits per heavy atom. The quantitative estimate of drug-likeness (QED) is 0.353. The van der Waals surface area contributed by atoms with Crippen LogP contribution in [0.2, 0.25) is 0 Å². The topological polar surface area (TPSA) is 73.4 Å². The summed E-state index contributed by atoms with van der Waals surface area (Å²) in [5.41, 5.74) is 4.62. The third kappa shape index (κ3) is 6.65. The number of likely N-dealkylation sites (tertiary alicyclic amines) is 1. The van der Waals surface area contributed by atoms with Crippen LogP contribution in [0.3, 0.4) is 0 Å². The molecule has 8 heteroatoms. The first-order chi connectivity index (χ1) is 17.8. The Bertz CT molecular complexity index is 1230. The van der Waals surface area contributed by atoms with Crippen molar-refractivity contribution in [3.63, 3.8) is 0 Å². The summed E-state index contributed by atoms with van der Waals surface area (Å²) >= 11 is 3.65. The van der Waals surface area contributed by atoms with Gasteiger partial charge in [-0.05, 0) is 111 Å². The lowest BCUT2D eigenvalue weighted by Gasteiger charge is -2.38. The van der Waals surface area contributed by atoms with Crippen molar-refractivity contribution in [2.75, 3.05) is 31.2 Å². The maximum absolute atomic E-state index is 13.4. The number of nitrogens with zero attached hydrogens (tertiary/aromatic N) is 3. The molecule has 0 aromatic carbocycles. The van der Waals surface area contributed by atoms with E-state index in [1.807, 2.05) is 32.9 Å². The molecule has 0 spiro atoms. The minimum atomic E-state index is -0.182. The van der Waals surface area contributed by atoms with E-state index < -0.39 is 0 Å². The van der Waals surface area contributed by atoms with Crippen molar-refractivity contribution in [1.29, 1.82) is 0 Å². The predicted octanol–water partition coefficient (Wildman–Crippen LogP) is 4.81. The molecular formula is C29H40BrN5O2. The number of aromatic amines is 1. The van der Waals surface area contributed by atoms with Gasteiger partial charge in [-0.3, -0.25) is 14.3 Å². The van der Waals surface area contributed by atoms with Gasteiger partial charge in [0.25, 0.3) is 11.5 Å². The van der Waals surface area contributed by atoms with Gasteiger partial charge in [-0.15, -0.1) is 0 Å². The van der Waals surface area contributed by atoms with Crippen LogP contribution in [-0.4, -0.2) is 52.7 Å². The summed E-state index contributed by atoms with van der Waals surface area (Å²) in [4.78, 5) is 31.4. The van der Waals surface area contributed by atoms with Crippen molar-refractivity contribution in [2.45, 2.75) is 72.4 Å². The molecule has 0 atom stereocenters. The summed E-state index contributed by atoms with van der Waals surface area (Å²) < 4.78 is 3.17. The molecule has 0 aliphatic carbocycles. The zero-order valence-corrected chi connectivity index (χ0v) is 24.2. The van der Waals surface area contributed by atoms with E-state index in [4.69, 9.17) is 0 Å². The van der Waals surface area contributed by atoms with Crippen LogP contribution in [0.5, 0.6) is 0 Å². The van der Waals surface area contributed by atoms with Crippen molar-refractivity contribution in [2.24, 2.45) is 0 Å². The summed E-state index contributed by atoms with van der Waals surface area (Å²) in [5, 5.41) is 5.38. The van der Waals surface area contributed by atoms with Gasteiger partial charge in [-0.25, -0.2) is 0 Å². The second-order valence-electron chi connectivity index (χ2n) is 10.3. The van der Waals surface area contributed by atoms with Crippen LogP contribution in [-0.2, 0) is 11.3 Å². The molecular weight excluding hydrogens is 530 g/mol. The first kappa shape index (κ1) is 27.5. The molecule has 1 amide bonds. The minimum Gasteiger partial charge on any atom is -0.348 e. The number of pyridine rings is 1. The molecule has 200 valence electrons. The molecule has 7 nitrogen and oxygen atoms in total. The van der Waals surface area contributed by atoms with Crippen LogP contribution in [0.15, 0.2) is 44.8 Å². The van der Waals surface area contributed by atoms with Crippen molar-refractivity contribution in [1.82, 2.24) is 19.9 Å². The highest BCUT2D eigenvalue weighted by molar-refractivity contribution is 9.10. The number of hydrogen-bond donors (Lipinski definition) is 2. The molecule has 2 aliphatic rings. The first-order valence-corrected chi connectivity index (χ1v) is 14.3. The van der Waals surface area contributed by atoms with Crippen molar-refractivity contribution < 1.29 is 4.79 Å². The molecule has 2 N–H and O–H groups in total. The molecule has 2 aromatic heterocycles. The zero-order valence-electron chi connectivity index (χ0n) is 22.6. The number of hydrogen-bond acceptors (Lipinski definition) is 4. The summed E-state index contributed by atoms with van der Waals surface area (Å²) in [7, 11) is 0. The molecule has 37 heavy (non-hydrogen) atoms. The van der Waals surface area contributed by atoms with E-state index in [2.05, 4.69) is 66.1 Å². The SMILES string of the molecule is CC/C=C(C)/C(=C\c1cc(Br)cn1N1CCC(N2CCCC2)CC1)C(=O)NCc1c(C)cc(C)[nH]c1=O. The number of rotatable bonds is 8. The van der Waals surface area contributed by atoms with Crippen molar-refractivity contribution in [3.05, 3.63) is 72.9 Å². The molecule has 0 unspecified atom stereocenters. The zero-order chi connectivity index (χ0) is 26.5. The van der Waals surface area contributed by atoms with Gasteiger partial charge in [0.15, 0.2) is 0 Å². The van der Waals surface area contributed by atoms with Crippen LogP contribution in [0, 0.1) is 13.8 Å². The second kappa shape index (κ2) is 12.3. The number of nitrogens with one attached hydrogen (secondary N) is 2. The van der Waals surface area contributed by atoms with E-state index in [0.29, 0.717) is 17.2 Å². The summed E-state index contributed by atoms with van der Waals surface area (Å²) in [6.45, 7) is 12.4. The summed E-state index contributed by atoms with van der Waals surface area (Å²) in [5.74, 6) is -0.182. The van der Waals surface area contributed by atoms with E-state index in [1.165, 1.54) is 25.9 Å². The Kier molecular flexibility index (Phi) is 9.13. The van der Waals surface area contributed by atoms with Gasteiger partial charge in [-0.1, -0.05) is 13.0 Å². The smallest absolute Gasteiger partial charge is 0.253 e. The van der Waals surface area contributed by atoms with E-state index in [9.17, 15) is 9.59 Å².